The molecular weight excluding hydrogens is 334 g/mol. The van der Waals surface area contributed by atoms with Crippen LogP contribution in [-0.4, -0.2) is 36.3 Å². The maximum absolute atomic E-state index is 14.0. The standard InChI is InChI=1S/C22H36F2O2/c23-21-19(25)11-12-20(22(21)24)26-13-14-1-3-15(4-2-14)16-5-7-17(8-6-16)18-9-10-18/h14-22,25H,1-13H2. The van der Waals surface area contributed by atoms with Gasteiger partial charge in [-0.25, -0.2) is 8.78 Å². The fraction of sp³-hybridized carbons (Fsp3) is 1.00. The molecule has 0 aliphatic heterocycles. The van der Waals surface area contributed by atoms with Gasteiger partial charge in [0, 0.05) is 6.61 Å². The zero-order valence-electron chi connectivity index (χ0n) is 16.0. The molecule has 4 aliphatic rings. The highest BCUT2D eigenvalue weighted by Crippen LogP contribution is 2.48. The number of hydrogen-bond acceptors (Lipinski definition) is 2. The molecule has 0 saturated heterocycles. The van der Waals surface area contributed by atoms with E-state index in [0.717, 1.165) is 23.7 Å². The van der Waals surface area contributed by atoms with E-state index in [9.17, 15) is 13.9 Å². The molecule has 26 heavy (non-hydrogen) atoms. The highest BCUT2D eigenvalue weighted by Gasteiger charge is 2.41. The monoisotopic (exact) mass is 370 g/mol. The van der Waals surface area contributed by atoms with Crippen molar-refractivity contribution < 1.29 is 18.6 Å². The van der Waals surface area contributed by atoms with Crippen molar-refractivity contribution in [1.29, 1.82) is 0 Å². The Morgan fingerprint density at radius 2 is 1.08 bits per heavy atom. The molecule has 4 rings (SSSR count). The summed E-state index contributed by atoms with van der Waals surface area (Å²) in [6.45, 7) is 0.565. The van der Waals surface area contributed by atoms with E-state index >= 15 is 0 Å². The summed E-state index contributed by atoms with van der Waals surface area (Å²) in [5.74, 6) is 4.45. The molecule has 0 spiro atoms. The maximum Gasteiger partial charge on any atom is 0.160 e. The first kappa shape index (κ1) is 19.1. The molecule has 4 unspecified atom stereocenters. The van der Waals surface area contributed by atoms with E-state index in [2.05, 4.69) is 0 Å². The normalized spacial score (nSPS) is 47.7. The summed E-state index contributed by atoms with van der Waals surface area (Å²) in [6.07, 6.45) is 9.21. The number of rotatable bonds is 5. The summed E-state index contributed by atoms with van der Waals surface area (Å²) in [4.78, 5) is 0. The lowest BCUT2D eigenvalue weighted by atomic mass is 9.68. The van der Waals surface area contributed by atoms with Crippen molar-refractivity contribution >= 4 is 0 Å². The maximum atomic E-state index is 14.0. The number of ether oxygens (including phenoxy) is 1. The molecule has 4 saturated carbocycles. The smallest absolute Gasteiger partial charge is 0.160 e. The van der Waals surface area contributed by atoms with Gasteiger partial charge >= 0.3 is 0 Å². The minimum absolute atomic E-state index is 0.308. The van der Waals surface area contributed by atoms with Crippen molar-refractivity contribution in [1.82, 2.24) is 0 Å². The minimum atomic E-state index is -1.78. The van der Waals surface area contributed by atoms with Crippen LogP contribution in [0.2, 0.25) is 0 Å². The average Bonchev–Trinajstić information content (AvgIpc) is 3.52. The molecule has 4 aliphatic carbocycles. The van der Waals surface area contributed by atoms with Crippen LogP contribution in [0.1, 0.15) is 77.0 Å². The van der Waals surface area contributed by atoms with E-state index in [1.807, 2.05) is 0 Å². The van der Waals surface area contributed by atoms with Crippen LogP contribution in [0, 0.1) is 29.6 Å². The van der Waals surface area contributed by atoms with Crippen LogP contribution in [0.15, 0.2) is 0 Å². The second-order valence-corrected chi connectivity index (χ2v) is 9.70. The fourth-order valence-electron chi connectivity index (χ4n) is 5.99. The minimum Gasteiger partial charge on any atom is -0.390 e. The molecule has 2 nitrogen and oxygen atoms in total. The Balaban J connectivity index is 1.15. The second-order valence-electron chi connectivity index (χ2n) is 9.70. The van der Waals surface area contributed by atoms with Gasteiger partial charge in [0.1, 0.15) is 0 Å². The first-order valence-corrected chi connectivity index (χ1v) is 11.2. The van der Waals surface area contributed by atoms with E-state index in [-0.39, 0.29) is 0 Å². The molecule has 0 amide bonds. The second kappa shape index (κ2) is 8.43. The number of halogens is 2. The molecule has 0 bridgehead atoms. The van der Waals surface area contributed by atoms with Crippen LogP contribution < -0.4 is 0 Å². The first-order chi connectivity index (χ1) is 12.6. The topological polar surface area (TPSA) is 29.5 Å². The zero-order valence-corrected chi connectivity index (χ0v) is 16.0. The van der Waals surface area contributed by atoms with E-state index in [1.165, 1.54) is 64.2 Å². The van der Waals surface area contributed by atoms with Crippen molar-refractivity contribution in [2.45, 2.75) is 102 Å². The summed E-state index contributed by atoms with van der Waals surface area (Å²) in [7, 11) is 0. The van der Waals surface area contributed by atoms with Crippen molar-refractivity contribution in [3.8, 4) is 0 Å². The van der Waals surface area contributed by atoms with E-state index < -0.39 is 24.6 Å². The zero-order chi connectivity index (χ0) is 18.1. The number of alkyl halides is 2. The first-order valence-electron chi connectivity index (χ1n) is 11.2. The summed E-state index contributed by atoms with van der Waals surface area (Å²) >= 11 is 0. The van der Waals surface area contributed by atoms with Gasteiger partial charge in [-0.15, -0.1) is 0 Å². The van der Waals surface area contributed by atoms with Gasteiger partial charge in [0.15, 0.2) is 12.3 Å². The number of aliphatic hydroxyl groups excluding tert-OH is 1. The fourth-order valence-corrected chi connectivity index (χ4v) is 5.99. The van der Waals surface area contributed by atoms with Gasteiger partial charge in [-0.1, -0.05) is 0 Å². The molecule has 0 aromatic rings. The average molecular weight is 371 g/mol. The van der Waals surface area contributed by atoms with Crippen LogP contribution in [0.4, 0.5) is 8.78 Å². The molecule has 0 heterocycles. The van der Waals surface area contributed by atoms with E-state index in [1.54, 1.807) is 0 Å². The number of hydrogen-bond donors (Lipinski definition) is 1. The lowest BCUT2D eigenvalue weighted by Gasteiger charge is -2.38. The van der Waals surface area contributed by atoms with Gasteiger partial charge in [-0.3, -0.25) is 0 Å². The van der Waals surface area contributed by atoms with Crippen LogP contribution in [0.3, 0.4) is 0 Å². The van der Waals surface area contributed by atoms with Crippen molar-refractivity contribution in [3.63, 3.8) is 0 Å². The summed E-state index contributed by atoms with van der Waals surface area (Å²) in [5.41, 5.74) is 0. The third kappa shape index (κ3) is 4.43. The summed E-state index contributed by atoms with van der Waals surface area (Å²) < 4.78 is 33.4. The largest absolute Gasteiger partial charge is 0.390 e. The van der Waals surface area contributed by atoms with Gasteiger partial charge in [-0.05, 0) is 107 Å². The number of aliphatic hydroxyl groups is 1. The van der Waals surface area contributed by atoms with Crippen LogP contribution >= 0.6 is 0 Å². The quantitative estimate of drug-likeness (QED) is 0.718. The predicted octanol–water partition coefficient (Wildman–Crippen LogP) is 5.23. The highest BCUT2D eigenvalue weighted by molar-refractivity contribution is 4.90. The Kier molecular flexibility index (Phi) is 6.19. The Morgan fingerprint density at radius 3 is 1.58 bits per heavy atom. The van der Waals surface area contributed by atoms with Gasteiger partial charge in [0.25, 0.3) is 0 Å². The Morgan fingerprint density at radius 1 is 0.615 bits per heavy atom. The summed E-state index contributed by atoms with van der Waals surface area (Å²) in [6, 6.07) is 0. The molecule has 150 valence electrons. The van der Waals surface area contributed by atoms with Gasteiger partial charge < -0.3 is 9.84 Å². The van der Waals surface area contributed by atoms with Crippen molar-refractivity contribution in [2.24, 2.45) is 29.6 Å². The Hall–Kier alpha value is -0.220. The highest BCUT2D eigenvalue weighted by atomic mass is 19.2. The molecule has 1 N–H and O–H groups in total. The molecule has 4 atom stereocenters. The SMILES string of the molecule is OC1CCC(OCC2CCC(C3CCC(C4CC4)CC3)CC2)C(F)C1F. The predicted molar refractivity (Wildman–Crippen MR) is 98.4 cm³/mol. The van der Waals surface area contributed by atoms with Crippen molar-refractivity contribution in [2.75, 3.05) is 6.61 Å². The lowest BCUT2D eigenvalue weighted by molar-refractivity contribution is -0.106. The van der Waals surface area contributed by atoms with Gasteiger partial charge in [0.05, 0.1) is 12.2 Å². The van der Waals surface area contributed by atoms with Gasteiger partial charge in [-0.2, -0.15) is 0 Å². The van der Waals surface area contributed by atoms with E-state index in [4.69, 9.17) is 4.74 Å². The van der Waals surface area contributed by atoms with Crippen molar-refractivity contribution in [3.05, 3.63) is 0 Å². The molecule has 0 aromatic carbocycles. The third-order valence-electron chi connectivity index (χ3n) is 7.98. The Bertz CT molecular complexity index is 439. The van der Waals surface area contributed by atoms with Crippen LogP contribution in [0.5, 0.6) is 0 Å². The molecule has 4 fully saturated rings. The molecule has 0 radical (unpaired) electrons. The van der Waals surface area contributed by atoms with E-state index in [0.29, 0.717) is 25.4 Å². The molecule has 4 heteroatoms. The Labute approximate surface area is 157 Å². The van der Waals surface area contributed by atoms with Crippen LogP contribution in [0.25, 0.3) is 0 Å². The van der Waals surface area contributed by atoms with Gasteiger partial charge in [0.2, 0.25) is 0 Å². The molecule has 0 aromatic heterocycles. The molecular formula is C22H36F2O2. The summed E-state index contributed by atoms with van der Waals surface area (Å²) in [5, 5.41) is 9.42. The lowest BCUT2D eigenvalue weighted by Crippen LogP contribution is -2.46. The van der Waals surface area contributed by atoms with Crippen LogP contribution in [-0.2, 0) is 4.74 Å². The third-order valence-corrected chi connectivity index (χ3v) is 7.98.